The summed E-state index contributed by atoms with van der Waals surface area (Å²) in [7, 11) is 0. The standard InChI is InChI=1S/C17H23ClN2O3S/c1-16(2,3)23-15(21)19-13(9-12-7-5-4-6-8-12)14-20-17(22,10-18)11-24-14/h4-8,13,22H,9-11H2,1-3H3,(H,19,21)/t13-,17?/m0/s1/i13D. The molecule has 2 N–H and O–H groups in total. The van der Waals surface area contributed by atoms with Crippen LogP contribution >= 0.6 is 23.4 Å². The van der Waals surface area contributed by atoms with E-state index in [0.717, 1.165) is 5.56 Å². The highest BCUT2D eigenvalue weighted by atomic mass is 35.5. The highest BCUT2D eigenvalue weighted by Gasteiger charge is 2.36. The Kier molecular flexibility index (Phi) is 5.69. The first-order chi connectivity index (χ1) is 11.6. The van der Waals surface area contributed by atoms with Gasteiger partial charge in [0.2, 0.25) is 0 Å². The van der Waals surface area contributed by atoms with Crippen molar-refractivity contribution in [1.82, 2.24) is 5.32 Å². The molecular weight excluding hydrogens is 348 g/mol. The third kappa shape index (κ3) is 5.69. The summed E-state index contributed by atoms with van der Waals surface area (Å²) < 4.78 is 14.1. The van der Waals surface area contributed by atoms with Crippen molar-refractivity contribution in [3.63, 3.8) is 0 Å². The van der Waals surface area contributed by atoms with Crippen LogP contribution in [0.25, 0.3) is 0 Å². The summed E-state index contributed by atoms with van der Waals surface area (Å²) in [5, 5.41) is 13.2. The Bertz CT molecular complexity index is 653. The molecular formula is C17H23ClN2O3S. The number of amides is 1. The maximum atomic E-state index is 12.2. The van der Waals surface area contributed by atoms with Gasteiger partial charge in [-0.1, -0.05) is 30.3 Å². The van der Waals surface area contributed by atoms with Crippen LogP contribution in [-0.2, 0) is 11.2 Å². The first kappa shape index (κ1) is 17.6. The summed E-state index contributed by atoms with van der Waals surface area (Å²) in [6.45, 7) is 5.26. The Morgan fingerprint density at radius 1 is 1.54 bits per heavy atom. The van der Waals surface area contributed by atoms with Crippen molar-refractivity contribution in [2.75, 3.05) is 11.6 Å². The fourth-order valence-electron chi connectivity index (χ4n) is 2.06. The van der Waals surface area contributed by atoms with Crippen LogP contribution in [0.3, 0.4) is 0 Å². The lowest BCUT2D eigenvalue weighted by molar-refractivity contribution is 0.0517. The number of carbonyl (C=O) groups excluding carboxylic acids is 1. The predicted octanol–water partition coefficient (Wildman–Crippen LogP) is 3.20. The first-order valence-corrected chi connectivity index (χ1v) is 9.14. The average Bonchev–Trinajstić information content (AvgIpc) is 2.90. The number of halogens is 1. The molecule has 0 saturated carbocycles. The first-order valence-electron chi connectivity index (χ1n) is 8.12. The van der Waals surface area contributed by atoms with Crippen LogP contribution in [0.4, 0.5) is 4.79 Å². The van der Waals surface area contributed by atoms with Gasteiger partial charge in [-0.25, -0.2) is 9.79 Å². The SMILES string of the molecule is [2H][C@@](Cc1ccccc1)(NC(=O)OC(C)(C)C)C1=NC(O)(CCl)CS1. The number of thioether (sulfide) groups is 1. The van der Waals surface area contributed by atoms with Crippen LogP contribution in [0.2, 0.25) is 0 Å². The number of hydrogen-bond acceptors (Lipinski definition) is 5. The molecule has 0 aromatic heterocycles. The van der Waals surface area contributed by atoms with Crippen molar-refractivity contribution in [2.45, 2.75) is 44.5 Å². The smallest absolute Gasteiger partial charge is 0.408 e. The summed E-state index contributed by atoms with van der Waals surface area (Å²) in [6, 6.07) is 7.79. The van der Waals surface area contributed by atoms with Gasteiger partial charge in [-0.2, -0.15) is 0 Å². The molecule has 0 spiro atoms. The predicted molar refractivity (Wildman–Crippen MR) is 98.9 cm³/mol. The highest BCUT2D eigenvalue weighted by molar-refractivity contribution is 8.14. The number of alkyl halides is 1. The molecule has 5 nitrogen and oxygen atoms in total. The fourth-order valence-corrected chi connectivity index (χ4v) is 3.39. The minimum Gasteiger partial charge on any atom is -0.444 e. The average molecular weight is 372 g/mol. The number of ether oxygens (including phenoxy) is 1. The third-order valence-electron chi connectivity index (χ3n) is 3.10. The molecule has 1 heterocycles. The van der Waals surface area contributed by atoms with Crippen molar-refractivity contribution < 1.29 is 16.0 Å². The van der Waals surface area contributed by atoms with E-state index in [-0.39, 0.29) is 18.1 Å². The third-order valence-corrected chi connectivity index (χ3v) is 4.74. The minimum absolute atomic E-state index is 0.0721. The van der Waals surface area contributed by atoms with E-state index < -0.39 is 23.4 Å². The second-order valence-electron chi connectivity index (χ2n) is 6.59. The zero-order valence-corrected chi connectivity index (χ0v) is 15.6. The van der Waals surface area contributed by atoms with E-state index >= 15 is 0 Å². The second kappa shape index (κ2) is 7.76. The summed E-state index contributed by atoms with van der Waals surface area (Å²) in [4.78, 5) is 16.4. The fraction of sp³-hybridized carbons (Fsp3) is 0.529. The van der Waals surface area contributed by atoms with Gasteiger partial charge in [0.15, 0.2) is 5.72 Å². The van der Waals surface area contributed by atoms with E-state index in [1.165, 1.54) is 11.8 Å². The molecule has 1 aliphatic heterocycles. The lowest BCUT2D eigenvalue weighted by Gasteiger charge is -2.23. The quantitative estimate of drug-likeness (QED) is 0.780. The Hall–Kier alpha value is -1.24. The Morgan fingerprint density at radius 2 is 2.21 bits per heavy atom. The van der Waals surface area contributed by atoms with Crippen LogP contribution in [0.5, 0.6) is 0 Å². The van der Waals surface area contributed by atoms with Crippen molar-refractivity contribution in [3.05, 3.63) is 35.9 Å². The number of rotatable bonds is 5. The number of aliphatic hydroxyl groups is 1. The van der Waals surface area contributed by atoms with E-state index in [0.29, 0.717) is 5.04 Å². The van der Waals surface area contributed by atoms with Crippen LogP contribution in [0.15, 0.2) is 35.3 Å². The molecule has 2 rings (SSSR count). The van der Waals surface area contributed by atoms with Gasteiger partial charge in [0.1, 0.15) is 5.60 Å². The summed E-state index contributed by atoms with van der Waals surface area (Å²) in [5.41, 5.74) is -1.24. The number of hydrogen-bond donors (Lipinski definition) is 2. The zero-order chi connectivity index (χ0) is 18.7. The summed E-state index contributed by atoms with van der Waals surface area (Å²) in [5.74, 6) is 0.175. The summed E-state index contributed by atoms with van der Waals surface area (Å²) >= 11 is 6.99. The highest BCUT2D eigenvalue weighted by Crippen LogP contribution is 2.29. The maximum Gasteiger partial charge on any atom is 0.408 e. The monoisotopic (exact) mass is 371 g/mol. The van der Waals surface area contributed by atoms with Gasteiger partial charge in [0.25, 0.3) is 0 Å². The van der Waals surface area contributed by atoms with Gasteiger partial charge in [-0.3, -0.25) is 0 Å². The Morgan fingerprint density at radius 3 is 2.75 bits per heavy atom. The lowest BCUT2D eigenvalue weighted by Crippen LogP contribution is -2.43. The molecule has 7 heteroatoms. The molecule has 0 saturated heterocycles. The molecule has 0 aliphatic carbocycles. The van der Waals surface area contributed by atoms with E-state index in [1.54, 1.807) is 20.8 Å². The number of aliphatic imine (C=N–C) groups is 1. The van der Waals surface area contributed by atoms with Crippen molar-refractivity contribution in [2.24, 2.45) is 4.99 Å². The molecule has 1 aliphatic rings. The van der Waals surface area contributed by atoms with Crippen LogP contribution in [0.1, 0.15) is 27.7 Å². The van der Waals surface area contributed by atoms with Gasteiger partial charge in [0.05, 0.1) is 24.1 Å². The van der Waals surface area contributed by atoms with Crippen LogP contribution < -0.4 is 5.32 Å². The van der Waals surface area contributed by atoms with Gasteiger partial charge >= 0.3 is 6.09 Å². The Labute approximate surface area is 153 Å². The van der Waals surface area contributed by atoms with Crippen LogP contribution in [0, 0.1) is 0 Å². The molecule has 1 unspecified atom stereocenters. The van der Waals surface area contributed by atoms with E-state index in [4.69, 9.17) is 17.7 Å². The zero-order valence-electron chi connectivity index (χ0n) is 15.0. The largest absolute Gasteiger partial charge is 0.444 e. The number of carbonyl (C=O) groups is 1. The van der Waals surface area contributed by atoms with Gasteiger partial charge < -0.3 is 15.2 Å². The van der Waals surface area contributed by atoms with Crippen molar-refractivity contribution in [1.29, 1.82) is 0 Å². The molecule has 24 heavy (non-hydrogen) atoms. The number of nitrogens with zero attached hydrogens (tertiary/aromatic N) is 1. The van der Waals surface area contributed by atoms with Crippen molar-refractivity contribution >= 4 is 34.5 Å². The molecule has 1 amide bonds. The van der Waals surface area contributed by atoms with Crippen LogP contribution in [-0.4, -0.2) is 45.2 Å². The number of nitrogens with one attached hydrogen (secondary N) is 1. The molecule has 0 bridgehead atoms. The van der Waals surface area contributed by atoms with Gasteiger partial charge in [0, 0.05) is 0 Å². The lowest BCUT2D eigenvalue weighted by atomic mass is 10.1. The molecule has 2 atom stereocenters. The minimum atomic E-state index is -1.55. The summed E-state index contributed by atoms with van der Waals surface area (Å²) in [6.07, 6.45) is -0.514. The molecule has 132 valence electrons. The van der Waals surface area contributed by atoms with E-state index in [9.17, 15) is 9.90 Å². The van der Waals surface area contributed by atoms with Gasteiger partial charge in [-0.05, 0) is 32.8 Å². The number of benzene rings is 1. The van der Waals surface area contributed by atoms with Gasteiger partial charge in [-0.15, -0.1) is 23.4 Å². The van der Waals surface area contributed by atoms with Crippen molar-refractivity contribution in [3.8, 4) is 0 Å². The number of alkyl carbamates (subject to hydrolysis) is 1. The molecule has 1 aromatic rings. The topological polar surface area (TPSA) is 70.9 Å². The molecule has 0 fully saturated rings. The second-order valence-corrected chi connectivity index (χ2v) is 7.82. The molecule has 1 aromatic carbocycles. The maximum absolute atomic E-state index is 12.2. The van der Waals surface area contributed by atoms with E-state index in [1.807, 2.05) is 30.3 Å². The normalized spacial score (nSPS) is 23.9. The Balaban J connectivity index is 2.28. The van der Waals surface area contributed by atoms with E-state index in [2.05, 4.69) is 10.3 Å². The molecule has 0 radical (unpaired) electrons.